The Labute approximate surface area is 108 Å². The maximum Gasteiger partial charge on any atom is 0.338 e. The number of carbonyl (C=O) groups excluding carboxylic acids is 1. The van der Waals surface area contributed by atoms with Gasteiger partial charge in [-0.3, -0.25) is 0 Å². The number of hydrogen-bond acceptors (Lipinski definition) is 5. The second-order valence-electron chi connectivity index (χ2n) is 4.25. The Morgan fingerprint density at radius 2 is 1.50 bits per heavy atom. The largest absolute Gasteiger partial charge is 0.431 e. The van der Waals surface area contributed by atoms with Crippen molar-refractivity contribution in [3.05, 3.63) is 12.3 Å². The van der Waals surface area contributed by atoms with Gasteiger partial charge in [0.25, 0.3) is 0 Å². The van der Waals surface area contributed by atoms with E-state index in [9.17, 15) is 15.0 Å². The molecule has 5 nitrogen and oxygen atoms in total. The summed E-state index contributed by atoms with van der Waals surface area (Å²) in [6, 6.07) is 0. The van der Waals surface area contributed by atoms with Crippen LogP contribution in [0.5, 0.6) is 0 Å². The van der Waals surface area contributed by atoms with Crippen molar-refractivity contribution in [2.24, 2.45) is 0 Å². The molecule has 4 atom stereocenters. The van der Waals surface area contributed by atoms with Crippen LogP contribution in [0.4, 0.5) is 0 Å². The van der Waals surface area contributed by atoms with E-state index in [2.05, 4.69) is 4.74 Å². The van der Waals surface area contributed by atoms with Crippen LogP contribution in [0.2, 0.25) is 0 Å². The molecule has 0 radical (unpaired) electrons. The minimum absolute atomic E-state index is 0.167. The number of cyclic esters (lactones) is 1. The van der Waals surface area contributed by atoms with Crippen LogP contribution >= 0.6 is 0 Å². The van der Waals surface area contributed by atoms with Crippen molar-refractivity contribution in [1.29, 1.82) is 0 Å². The molecular formula is C13H24O5. The first-order valence-corrected chi connectivity index (χ1v) is 6.31. The molecule has 0 bridgehead atoms. The Morgan fingerprint density at radius 3 is 1.61 bits per heavy atom. The number of rotatable bonds is 6. The van der Waals surface area contributed by atoms with Crippen LogP contribution in [-0.2, 0) is 14.3 Å². The molecule has 1 aliphatic rings. The molecule has 1 heterocycles. The molecule has 0 fully saturated rings. The molecule has 0 aromatic carbocycles. The van der Waals surface area contributed by atoms with E-state index in [1.54, 1.807) is 13.8 Å². The van der Waals surface area contributed by atoms with Crippen molar-refractivity contribution in [3.63, 3.8) is 0 Å². The lowest BCUT2D eigenvalue weighted by molar-refractivity contribution is -0.136. The SMILES string of the molecule is CCC(OC(CC)C(C)O)C(C)O.O=C1C=CO1. The van der Waals surface area contributed by atoms with Crippen LogP contribution in [0.25, 0.3) is 0 Å². The van der Waals surface area contributed by atoms with E-state index < -0.39 is 12.2 Å². The predicted octanol–water partition coefficient (Wildman–Crippen LogP) is 1.38. The van der Waals surface area contributed by atoms with E-state index in [-0.39, 0.29) is 18.2 Å². The molecule has 1 aliphatic heterocycles. The maximum atomic E-state index is 9.59. The first kappa shape index (κ1) is 17.1. The van der Waals surface area contributed by atoms with Gasteiger partial charge in [-0.05, 0) is 26.7 Å². The molecule has 4 unspecified atom stereocenters. The maximum absolute atomic E-state index is 9.59. The van der Waals surface area contributed by atoms with Gasteiger partial charge in [0.2, 0.25) is 0 Å². The van der Waals surface area contributed by atoms with Crippen LogP contribution in [0.15, 0.2) is 12.3 Å². The quantitative estimate of drug-likeness (QED) is 0.706. The highest BCUT2D eigenvalue weighted by molar-refractivity contribution is 5.86. The van der Waals surface area contributed by atoms with E-state index in [1.807, 2.05) is 13.8 Å². The fourth-order valence-electron chi connectivity index (χ4n) is 1.45. The lowest BCUT2D eigenvalue weighted by Gasteiger charge is -2.26. The predicted molar refractivity (Wildman–Crippen MR) is 67.8 cm³/mol. The van der Waals surface area contributed by atoms with Crippen molar-refractivity contribution < 1.29 is 24.5 Å². The first-order valence-electron chi connectivity index (χ1n) is 6.31. The van der Waals surface area contributed by atoms with Gasteiger partial charge >= 0.3 is 5.97 Å². The number of aliphatic hydroxyl groups excluding tert-OH is 2. The molecule has 18 heavy (non-hydrogen) atoms. The van der Waals surface area contributed by atoms with Gasteiger partial charge in [0, 0.05) is 0 Å². The van der Waals surface area contributed by atoms with Gasteiger partial charge in [-0.1, -0.05) is 13.8 Å². The number of ether oxygens (including phenoxy) is 2. The number of aliphatic hydroxyl groups is 2. The third-order valence-electron chi connectivity index (χ3n) is 2.62. The molecule has 0 aliphatic carbocycles. The molecule has 106 valence electrons. The lowest BCUT2D eigenvalue weighted by Crippen LogP contribution is -2.35. The van der Waals surface area contributed by atoms with Crippen molar-refractivity contribution in [2.75, 3.05) is 0 Å². The van der Waals surface area contributed by atoms with Crippen molar-refractivity contribution in [2.45, 2.75) is 65.0 Å². The molecule has 0 spiro atoms. The lowest BCUT2D eigenvalue weighted by atomic mass is 10.1. The van der Waals surface area contributed by atoms with Gasteiger partial charge in [0.15, 0.2) is 0 Å². The number of esters is 1. The van der Waals surface area contributed by atoms with E-state index in [0.29, 0.717) is 0 Å². The van der Waals surface area contributed by atoms with Gasteiger partial charge in [-0.15, -0.1) is 0 Å². The Hall–Kier alpha value is -0.910. The third-order valence-corrected chi connectivity index (χ3v) is 2.62. The Bertz CT molecular complexity index is 246. The smallest absolute Gasteiger partial charge is 0.338 e. The normalized spacial score (nSPS) is 19.8. The van der Waals surface area contributed by atoms with Crippen LogP contribution < -0.4 is 0 Å². The minimum atomic E-state index is -0.474. The summed E-state index contributed by atoms with van der Waals surface area (Å²) in [5.41, 5.74) is 0. The summed E-state index contributed by atoms with van der Waals surface area (Å²) in [4.78, 5) is 9.59. The van der Waals surface area contributed by atoms with Crippen molar-refractivity contribution in [1.82, 2.24) is 0 Å². The Kier molecular flexibility index (Phi) is 8.62. The van der Waals surface area contributed by atoms with Crippen LogP contribution in [-0.4, -0.2) is 40.6 Å². The highest BCUT2D eigenvalue weighted by atomic mass is 16.5. The molecule has 0 saturated carbocycles. The summed E-state index contributed by atoms with van der Waals surface area (Å²) < 4.78 is 9.68. The van der Waals surface area contributed by atoms with Crippen LogP contribution in [0.1, 0.15) is 40.5 Å². The standard InChI is InChI=1S/C10H22O3.C3H2O2/c1-5-9(7(3)11)13-10(6-2)8(4)12;4-3-1-2-5-3/h7-12H,5-6H2,1-4H3;1-2H. The van der Waals surface area contributed by atoms with Gasteiger partial charge in [-0.25, -0.2) is 4.79 Å². The summed E-state index contributed by atoms with van der Waals surface area (Å²) in [6.07, 6.45) is 2.96. The Morgan fingerprint density at radius 1 is 1.17 bits per heavy atom. The summed E-state index contributed by atoms with van der Waals surface area (Å²) in [6.45, 7) is 7.35. The fourth-order valence-corrected chi connectivity index (χ4v) is 1.45. The van der Waals surface area contributed by atoms with Gasteiger partial charge < -0.3 is 19.7 Å². The molecule has 2 N–H and O–H groups in total. The molecular weight excluding hydrogens is 236 g/mol. The zero-order valence-corrected chi connectivity index (χ0v) is 11.5. The topological polar surface area (TPSA) is 76.0 Å². The number of carbonyl (C=O) groups is 1. The number of hydrogen-bond donors (Lipinski definition) is 2. The van der Waals surface area contributed by atoms with Crippen molar-refractivity contribution in [3.8, 4) is 0 Å². The fraction of sp³-hybridized carbons (Fsp3) is 0.769. The van der Waals surface area contributed by atoms with Gasteiger partial charge in [-0.2, -0.15) is 0 Å². The van der Waals surface area contributed by atoms with Crippen LogP contribution in [0.3, 0.4) is 0 Å². The molecule has 1 rings (SSSR count). The summed E-state index contributed by atoms with van der Waals surface area (Å²) in [5, 5.41) is 18.7. The molecule has 5 heteroatoms. The average Bonchev–Trinajstić information content (AvgIpc) is 2.27. The average molecular weight is 260 g/mol. The minimum Gasteiger partial charge on any atom is -0.431 e. The van der Waals surface area contributed by atoms with Crippen LogP contribution in [0, 0.1) is 0 Å². The van der Waals surface area contributed by atoms with Crippen molar-refractivity contribution >= 4 is 5.97 Å². The summed E-state index contributed by atoms with van der Waals surface area (Å²) in [5.74, 6) is -0.245. The zero-order chi connectivity index (χ0) is 14.1. The molecule has 0 aromatic rings. The van der Waals surface area contributed by atoms with E-state index in [0.717, 1.165) is 12.8 Å². The van der Waals surface area contributed by atoms with E-state index in [1.165, 1.54) is 12.3 Å². The van der Waals surface area contributed by atoms with E-state index in [4.69, 9.17) is 4.74 Å². The van der Waals surface area contributed by atoms with Gasteiger partial charge in [0.1, 0.15) is 6.26 Å². The second kappa shape index (κ2) is 9.08. The monoisotopic (exact) mass is 260 g/mol. The first-order chi connectivity index (χ1) is 8.42. The summed E-state index contributed by atoms with van der Waals surface area (Å²) >= 11 is 0. The second-order valence-corrected chi connectivity index (χ2v) is 4.25. The molecule has 0 saturated heterocycles. The summed E-state index contributed by atoms with van der Waals surface area (Å²) in [7, 11) is 0. The molecule has 0 amide bonds. The zero-order valence-electron chi connectivity index (χ0n) is 11.5. The Balaban J connectivity index is 0.000000473. The van der Waals surface area contributed by atoms with E-state index >= 15 is 0 Å². The highest BCUT2D eigenvalue weighted by Gasteiger charge is 2.21. The molecule has 0 aromatic heterocycles. The van der Waals surface area contributed by atoms with Gasteiger partial charge in [0.05, 0.1) is 30.5 Å². The third kappa shape index (κ3) is 6.74. The highest BCUT2D eigenvalue weighted by Crippen LogP contribution is 2.12.